The summed E-state index contributed by atoms with van der Waals surface area (Å²) in [5, 5.41) is -4.73. The Labute approximate surface area is 195 Å². The SMILES string of the molecule is CC(C)(C)C(=O)N1C(=O)C2C3CC(C(OC(=O)C4CCC4)C31)C2C(=O)OCC(F)(F)S(=O)(=O)O. The van der Waals surface area contributed by atoms with Crippen molar-refractivity contribution in [1.82, 2.24) is 4.90 Å². The van der Waals surface area contributed by atoms with E-state index in [1.807, 2.05) is 0 Å². The van der Waals surface area contributed by atoms with Crippen molar-refractivity contribution in [2.45, 2.75) is 63.9 Å². The highest BCUT2D eigenvalue weighted by atomic mass is 32.2. The average Bonchev–Trinajstić information content (AvgIpc) is 3.25. The van der Waals surface area contributed by atoms with Crippen LogP contribution in [0.5, 0.6) is 0 Å². The van der Waals surface area contributed by atoms with E-state index in [-0.39, 0.29) is 12.3 Å². The number of esters is 2. The normalized spacial score (nSPS) is 33.1. The standard InChI is InChI=1S/C21H27F2NO9S/c1-20(2,3)19(28)24-14-10-7-11(15(14)33-17(26)9-5-4-6-9)13(12(10)16(24)25)18(27)32-8-21(22,23)34(29,30)31/h9-15H,4-8H2,1-3H3,(H,29,30,31). The van der Waals surface area contributed by atoms with Gasteiger partial charge in [0.15, 0.2) is 6.61 Å². The molecule has 1 aliphatic heterocycles. The van der Waals surface area contributed by atoms with Gasteiger partial charge in [0.05, 0.1) is 23.8 Å². The molecule has 6 atom stereocenters. The van der Waals surface area contributed by atoms with Crippen molar-refractivity contribution < 1.29 is 50.4 Å². The Morgan fingerprint density at radius 1 is 1.12 bits per heavy atom. The summed E-state index contributed by atoms with van der Waals surface area (Å²) in [5.41, 5.74) is -0.951. The number of hydrogen-bond donors (Lipinski definition) is 1. The lowest BCUT2D eigenvalue weighted by atomic mass is 9.78. The van der Waals surface area contributed by atoms with Crippen molar-refractivity contribution in [2.24, 2.45) is 35.0 Å². The van der Waals surface area contributed by atoms with E-state index < -0.39 is 87.0 Å². The first-order valence-electron chi connectivity index (χ1n) is 11.2. The van der Waals surface area contributed by atoms with Crippen LogP contribution in [0.1, 0.15) is 46.5 Å². The molecule has 2 bridgehead atoms. The topological polar surface area (TPSA) is 144 Å². The molecule has 0 spiro atoms. The maximum absolute atomic E-state index is 13.6. The summed E-state index contributed by atoms with van der Waals surface area (Å²) in [7, 11) is -5.82. The van der Waals surface area contributed by atoms with E-state index in [1.54, 1.807) is 20.8 Å². The number of hydrogen-bond acceptors (Lipinski definition) is 8. The second-order valence-electron chi connectivity index (χ2n) is 10.6. The predicted octanol–water partition coefficient (Wildman–Crippen LogP) is 1.39. The smallest absolute Gasteiger partial charge is 0.402 e. The average molecular weight is 508 g/mol. The molecular weight excluding hydrogens is 480 g/mol. The minimum absolute atomic E-state index is 0.242. The van der Waals surface area contributed by atoms with E-state index in [2.05, 4.69) is 4.74 Å². The Hall–Kier alpha value is -2.15. The molecule has 1 heterocycles. The highest BCUT2D eigenvalue weighted by Gasteiger charge is 2.72. The van der Waals surface area contributed by atoms with E-state index in [9.17, 15) is 36.4 Å². The fourth-order valence-corrected chi connectivity index (χ4v) is 5.79. The van der Waals surface area contributed by atoms with Crippen molar-refractivity contribution in [3.63, 3.8) is 0 Å². The lowest BCUT2D eigenvalue weighted by Crippen LogP contribution is -2.51. The monoisotopic (exact) mass is 507 g/mol. The molecule has 3 aliphatic carbocycles. The van der Waals surface area contributed by atoms with Gasteiger partial charge in [-0.25, -0.2) is 0 Å². The van der Waals surface area contributed by atoms with Gasteiger partial charge in [0.25, 0.3) is 0 Å². The van der Waals surface area contributed by atoms with Crippen LogP contribution < -0.4 is 0 Å². The summed E-state index contributed by atoms with van der Waals surface area (Å²) in [5.74, 6) is -6.83. The van der Waals surface area contributed by atoms with Gasteiger partial charge in [-0.15, -0.1) is 0 Å². The molecule has 0 aromatic rings. The van der Waals surface area contributed by atoms with E-state index in [0.29, 0.717) is 12.8 Å². The number of likely N-dealkylation sites (tertiary alicyclic amines) is 1. The number of halogens is 2. The molecule has 0 radical (unpaired) electrons. The van der Waals surface area contributed by atoms with Crippen LogP contribution >= 0.6 is 0 Å². The summed E-state index contributed by atoms with van der Waals surface area (Å²) >= 11 is 0. The molecule has 10 nitrogen and oxygen atoms in total. The van der Waals surface area contributed by atoms with Gasteiger partial charge in [0.2, 0.25) is 11.8 Å². The first kappa shape index (κ1) is 25.0. The maximum Gasteiger partial charge on any atom is 0.402 e. The highest BCUT2D eigenvalue weighted by Crippen LogP contribution is 2.60. The quantitative estimate of drug-likeness (QED) is 0.416. The van der Waals surface area contributed by atoms with Gasteiger partial charge < -0.3 is 9.47 Å². The van der Waals surface area contributed by atoms with Crippen LogP contribution in [0, 0.1) is 35.0 Å². The third kappa shape index (κ3) is 3.80. The first-order chi connectivity index (χ1) is 15.6. The van der Waals surface area contributed by atoms with Crippen molar-refractivity contribution in [3.8, 4) is 0 Å². The molecule has 34 heavy (non-hydrogen) atoms. The number of alkyl halides is 2. The lowest BCUT2D eigenvalue weighted by Gasteiger charge is -2.36. The molecule has 4 fully saturated rings. The molecule has 13 heteroatoms. The molecule has 1 N–H and O–H groups in total. The Balaban J connectivity index is 1.62. The van der Waals surface area contributed by atoms with Gasteiger partial charge in [-0.1, -0.05) is 27.2 Å². The summed E-state index contributed by atoms with van der Waals surface area (Å²) in [4.78, 5) is 52.9. The largest absolute Gasteiger partial charge is 0.460 e. The highest BCUT2D eigenvalue weighted by molar-refractivity contribution is 7.86. The minimum atomic E-state index is -5.82. The predicted molar refractivity (Wildman–Crippen MR) is 108 cm³/mol. The van der Waals surface area contributed by atoms with Crippen LogP contribution in [-0.4, -0.2) is 65.6 Å². The number of fused-ring (bicyclic) bond motifs is 1. The van der Waals surface area contributed by atoms with Crippen molar-refractivity contribution in [1.29, 1.82) is 0 Å². The lowest BCUT2D eigenvalue weighted by molar-refractivity contribution is -0.171. The molecular formula is C21H27F2NO9S. The zero-order valence-corrected chi connectivity index (χ0v) is 19.7. The van der Waals surface area contributed by atoms with Gasteiger partial charge >= 0.3 is 27.3 Å². The van der Waals surface area contributed by atoms with Crippen molar-refractivity contribution in [3.05, 3.63) is 0 Å². The summed E-state index contributed by atoms with van der Waals surface area (Å²) in [6.45, 7) is 2.93. The van der Waals surface area contributed by atoms with Gasteiger partial charge in [0, 0.05) is 11.3 Å². The second-order valence-corrected chi connectivity index (χ2v) is 12.2. The third-order valence-electron chi connectivity index (χ3n) is 7.45. The van der Waals surface area contributed by atoms with E-state index in [4.69, 9.17) is 9.29 Å². The number of amides is 2. The Kier molecular flexibility index (Phi) is 5.83. The Bertz CT molecular complexity index is 1030. The zero-order chi connectivity index (χ0) is 25.4. The van der Waals surface area contributed by atoms with E-state index in [1.165, 1.54) is 0 Å². The number of carbonyl (C=O) groups excluding carboxylic acids is 4. The second kappa shape index (κ2) is 7.94. The Morgan fingerprint density at radius 2 is 1.74 bits per heavy atom. The molecule has 3 saturated carbocycles. The summed E-state index contributed by atoms with van der Waals surface area (Å²) in [6, 6.07) is -0.762. The van der Waals surface area contributed by atoms with Crippen LogP contribution in [0.4, 0.5) is 8.78 Å². The minimum Gasteiger partial charge on any atom is -0.460 e. The first-order valence-corrected chi connectivity index (χ1v) is 12.6. The van der Waals surface area contributed by atoms with Gasteiger partial charge in [-0.2, -0.15) is 17.2 Å². The molecule has 0 aromatic heterocycles. The van der Waals surface area contributed by atoms with Crippen molar-refractivity contribution in [2.75, 3.05) is 6.61 Å². The number of carbonyl (C=O) groups is 4. The fraction of sp³-hybridized carbons (Fsp3) is 0.810. The molecule has 4 rings (SSSR count). The van der Waals surface area contributed by atoms with Gasteiger partial charge in [-0.05, 0) is 25.2 Å². The number of rotatable bonds is 6. The maximum atomic E-state index is 13.6. The molecule has 0 aromatic carbocycles. The Morgan fingerprint density at radius 3 is 2.24 bits per heavy atom. The third-order valence-corrected chi connectivity index (χ3v) is 8.33. The van der Waals surface area contributed by atoms with E-state index in [0.717, 1.165) is 11.3 Å². The van der Waals surface area contributed by atoms with Crippen LogP contribution in [0.15, 0.2) is 0 Å². The molecule has 6 unspecified atom stereocenters. The molecule has 4 aliphatic rings. The fourth-order valence-electron chi connectivity index (χ4n) is 5.59. The molecule has 2 amide bonds. The summed E-state index contributed by atoms with van der Waals surface area (Å²) in [6.07, 6.45) is 1.41. The van der Waals surface area contributed by atoms with Gasteiger partial charge in [-0.3, -0.25) is 28.6 Å². The van der Waals surface area contributed by atoms with Gasteiger partial charge in [0.1, 0.15) is 6.10 Å². The van der Waals surface area contributed by atoms with Crippen LogP contribution in [0.25, 0.3) is 0 Å². The van der Waals surface area contributed by atoms with Crippen LogP contribution in [0.3, 0.4) is 0 Å². The number of ether oxygens (including phenoxy) is 2. The molecule has 190 valence electrons. The van der Waals surface area contributed by atoms with E-state index >= 15 is 0 Å². The van der Waals surface area contributed by atoms with Crippen LogP contribution in [-0.2, 0) is 38.8 Å². The van der Waals surface area contributed by atoms with Crippen LogP contribution in [0.2, 0.25) is 0 Å². The van der Waals surface area contributed by atoms with Crippen molar-refractivity contribution >= 4 is 33.9 Å². The number of imide groups is 1. The zero-order valence-electron chi connectivity index (χ0n) is 18.9. The summed E-state index contributed by atoms with van der Waals surface area (Å²) < 4.78 is 67.8. The molecule has 1 saturated heterocycles. The number of nitrogens with zero attached hydrogens (tertiary/aromatic N) is 1.